The van der Waals surface area contributed by atoms with Gasteiger partial charge in [-0.1, -0.05) is 24.3 Å². The van der Waals surface area contributed by atoms with Gasteiger partial charge in [0.2, 0.25) is 5.91 Å². The van der Waals surface area contributed by atoms with Crippen LogP contribution in [0.25, 0.3) is 0 Å². The lowest BCUT2D eigenvalue weighted by atomic mass is 9.78. The molecule has 1 fully saturated rings. The highest BCUT2D eigenvalue weighted by molar-refractivity contribution is 5.96. The smallest absolute Gasteiger partial charge is 0.262 e. The molecule has 0 aliphatic carbocycles. The van der Waals surface area contributed by atoms with Gasteiger partial charge in [0.15, 0.2) is 6.61 Å². The number of hydrogen-bond acceptors (Lipinski definition) is 5. The molecule has 2 amide bonds. The molecule has 1 aliphatic rings. The third kappa shape index (κ3) is 5.79. The molecule has 3 N–H and O–H groups in total. The Morgan fingerprint density at radius 2 is 1.72 bits per heavy atom. The number of para-hydroxylation sites is 1. The summed E-state index contributed by atoms with van der Waals surface area (Å²) < 4.78 is 10.9. The maximum atomic E-state index is 12.9. The van der Waals surface area contributed by atoms with Crippen LogP contribution in [0.5, 0.6) is 5.75 Å². The summed E-state index contributed by atoms with van der Waals surface area (Å²) in [5, 5.41) is 9.02. The molecular formula is C22H27N3O4. The highest BCUT2D eigenvalue weighted by Crippen LogP contribution is 2.31. The number of benzene rings is 2. The van der Waals surface area contributed by atoms with Crippen LogP contribution in [0, 0.1) is 5.41 Å². The van der Waals surface area contributed by atoms with Gasteiger partial charge in [-0.2, -0.15) is 0 Å². The van der Waals surface area contributed by atoms with Crippen LogP contribution in [0.15, 0.2) is 54.6 Å². The molecule has 1 aliphatic heterocycles. The van der Waals surface area contributed by atoms with Crippen molar-refractivity contribution >= 4 is 23.2 Å². The van der Waals surface area contributed by atoms with Crippen molar-refractivity contribution in [2.75, 3.05) is 44.0 Å². The fraction of sp³-hybridized carbons (Fsp3) is 0.364. The average molecular weight is 397 g/mol. The van der Waals surface area contributed by atoms with Crippen LogP contribution in [-0.4, -0.2) is 45.2 Å². The van der Waals surface area contributed by atoms with Crippen LogP contribution in [-0.2, 0) is 14.3 Å². The third-order valence-corrected chi connectivity index (χ3v) is 4.98. The van der Waals surface area contributed by atoms with Crippen molar-refractivity contribution in [3.05, 3.63) is 54.6 Å². The van der Waals surface area contributed by atoms with Gasteiger partial charge in [-0.3, -0.25) is 9.59 Å². The summed E-state index contributed by atoms with van der Waals surface area (Å²) in [6, 6.07) is 16.3. The van der Waals surface area contributed by atoms with E-state index in [0.717, 1.165) is 25.9 Å². The fourth-order valence-electron chi connectivity index (χ4n) is 3.41. The summed E-state index contributed by atoms with van der Waals surface area (Å²) in [6.07, 6.45) is 1.45. The maximum absolute atomic E-state index is 12.9. The molecule has 0 unspecified atom stereocenters. The fourth-order valence-corrected chi connectivity index (χ4v) is 3.41. The standard InChI is InChI=1S/C22H27N3O4/c1-28-16-22(10-12-23-13-11-22)21(27)25-18-8-5-9-19(14-18)29-15-20(26)24-17-6-3-2-4-7-17/h2-9,14,23H,10-13,15-16H2,1H3,(H,24,26)(H,25,27). The number of piperidine rings is 1. The van der Waals surface area contributed by atoms with E-state index in [1.54, 1.807) is 31.4 Å². The SMILES string of the molecule is COCC1(C(=O)Nc2cccc(OCC(=O)Nc3ccccc3)c2)CCNCC1. The summed E-state index contributed by atoms with van der Waals surface area (Å²) in [5.41, 5.74) is 0.810. The zero-order valence-electron chi connectivity index (χ0n) is 16.6. The summed E-state index contributed by atoms with van der Waals surface area (Å²) in [4.78, 5) is 25.0. The van der Waals surface area contributed by atoms with Crippen molar-refractivity contribution in [2.24, 2.45) is 5.41 Å². The Kier molecular flexibility index (Phi) is 7.21. The Bertz CT molecular complexity index is 814. The van der Waals surface area contributed by atoms with E-state index in [-0.39, 0.29) is 18.4 Å². The molecular weight excluding hydrogens is 370 g/mol. The van der Waals surface area contributed by atoms with E-state index in [0.29, 0.717) is 23.7 Å². The van der Waals surface area contributed by atoms with Gasteiger partial charge < -0.3 is 25.4 Å². The van der Waals surface area contributed by atoms with Crippen molar-refractivity contribution < 1.29 is 19.1 Å². The monoisotopic (exact) mass is 397 g/mol. The minimum Gasteiger partial charge on any atom is -0.484 e. The first-order valence-corrected chi connectivity index (χ1v) is 9.70. The van der Waals surface area contributed by atoms with E-state index < -0.39 is 5.41 Å². The number of nitrogens with one attached hydrogen (secondary N) is 3. The van der Waals surface area contributed by atoms with Crippen LogP contribution >= 0.6 is 0 Å². The number of ether oxygens (including phenoxy) is 2. The number of carbonyl (C=O) groups excluding carboxylic acids is 2. The third-order valence-electron chi connectivity index (χ3n) is 4.98. The van der Waals surface area contributed by atoms with Crippen molar-refractivity contribution in [2.45, 2.75) is 12.8 Å². The first kappa shape index (κ1) is 20.8. The largest absolute Gasteiger partial charge is 0.484 e. The number of carbonyl (C=O) groups is 2. The summed E-state index contributed by atoms with van der Waals surface area (Å²) in [6.45, 7) is 1.84. The van der Waals surface area contributed by atoms with Gasteiger partial charge in [0.1, 0.15) is 5.75 Å². The van der Waals surface area contributed by atoms with E-state index >= 15 is 0 Å². The summed E-state index contributed by atoms with van der Waals surface area (Å²) in [5.74, 6) is 0.205. The molecule has 1 heterocycles. The molecule has 2 aromatic rings. The quantitative estimate of drug-likeness (QED) is 0.637. The van der Waals surface area contributed by atoms with Gasteiger partial charge in [0.25, 0.3) is 5.91 Å². The van der Waals surface area contributed by atoms with E-state index in [4.69, 9.17) is 9.47 Å². The molecule has 0 aromatic heterocycles. The second-order valence-corrected chi connectivity index (χ2v) is 7.15. The van der Waals surface area contributed by atoms with Gasteiger partial charge in [-0.15, -0.1) is 0 Å². The molecule has 0 saturated carbocycles. The average Bonchev–Trinajstić information content (AvgIpc) is 2.74. The molecule has 0 bridgehead atoms. The lowest BCUT2D eigenvalue weighted by Gasteiger charge is -2.35. The molecule has 0 spiro atoms. The topological polar surface area (TPSA) is 88.7 Å². The Morgan fingerprint density at radius 1 is 1.00 bits per heavy atom. The molecule has 0 radical (unpaired) electrons. The number of hydrogen-bond donors (Lipinski definition) is 3. The zero-order valence-corrected chi connectivity index (χ0v) is 16.6. The second kappa shape index (κ2) is 10.0. The lowest BCUT2D eigenvalue weighted by Crippen LogP contribution is -2.47. The van der Waals surface area contributed by atoms with Crippen LogP contribution in [0.4, 0.5) is 11.4 Å². The maximum Gasteiger partial charge on any atom is 0.262 e. The Hall–Kier alpha value is -2.90. The Labute approximate surface area is 170 Å². The van der Waals surface area contributed by atoms with Gasteiger partial charge >= 0.3 is 0 Å². The van der Waals surface area contributed by atoms with Crippen LogP contribution < -0.4 is 20.7 Å². The van der Waals surface area contributed by atoms with Gasteiger partial charge in [0, 0.05) is 24.6 Å². The predicted molar refractivity (Wildman–Crippen MR) is 112 cm³/mol. The summed E-state index contributed by atoms with van der Waals surface area (Å²) >= 11 is 0. The van der Waals surface area contributed by atoms with Gasteiger partial charge in [0.05, 0.1) is 12.0 Å². The van der Waals surface area contributed by atoms with Crippen LogP contribution in [0.3, 0.4) is 0 Å². The van der Waals surface area contributed by atoms with Crippen LogP contribution in [0.1, 0.15) is 12.8 Å². The van der Waals surface area contributed by atoms with Crippen LogP contribution in [0.2, 0.25) is 0 Å². The first-order chi connectivity index (χ1) is 14.1. The number of amides is 2. The minimum absolute atomic E-state index is 0.0557. The summed E-state index contributed by atoms with van der Waals surface area (Å²) in [7, 11) is 1.62. The lowest BCUT2D eigenvalue weighted by molar-refractivity contribution is -0.130. The van der Waals surface area contributed by atoms with E-state index in [2.05, 4.69) is 16.0 Å². The van der Waals surface area contributed by atoms with Crippen molar-refractivity contribution in [3.63, 3.8) is 0 Å². The van der Waals surface area contributed by atoms with Crippen molar-refractivity contribution in [1.29, 1.82) is 0 Å². The molecule has 0 atom stereocenters. The molecule has 154 valence electrons. The van der Waals surface area contributed by atoms with E-state index in [1.165, 1.54) is 0 Å². The van der Waals surface area contributed by atoms with Gasteiger partial charge in [-0.25, -0.2) is 0 Å². The molecule has 29 heavy (non-hydrogen) atoms. The van der Waals surface area contributed by atoms with E-state index in [9.17, 15) is 9.59 Å². The highest BCUT2D eigenvalue weighted by atomic mass is 16.5. The molecule has 2 aromatic carbocycles. The van der Waals surface area contributed by atoms with Gasteiger partial charge in [-0.05, 0) is 50.2 Å². The Balaban J connectivity index is 1.57. The molecule has 7 heteroatoms. The minimum atomic E-state index is -0.535. The normalized spacial score (nSPS) is 15.3. The van der Waals surface area contributed by atoms with E-state index in [1.807, 2.05) is 30.3 Å². The molecule has 3 rings (SSSR count). The highest BCUT2D eigenvalue weighted by Gasteiger charge is 2.39. The number of anilines is 2. The first-order valence-electron chi connectivity index (χ1n) is 9.70. The predicted octanol–water partition coefficient (Wildman–Crippen LogP) is 2.66. The Morgan fingerprint density at radius 3 is 2.45 bits per heavy atom. The number of rotatable bonds is 8. The molecule has 1 saturated heterocycles. The zero-order chi connectivity index (χ0) is 20.5. The van der Waals surface area contributed by atoms with Crippen molar-refractivity contribution in [1.82, 2.24) is 5.32 Å². The molecule has 7 nitrogen and oxygen atoms in total. The second-order valence-electron chi connectivity index (χ2n) is 7.15. The number of methoxy groups -OCH3 is 1. The van der Waals surface area contributed by atoms with Crippen molar-refractivity contribution in [3.8, 4) is 5.75 Å².